The van der Waals surface area contributed by atoms with Gasteiger partial charge in [0.25, 0.3) is 5.91 Å². The number of hydrogen-bond acceptors (Lipinski definition) is 5. The molecule has 1 aromatic carbocycles. The molecular weight excluding hydrogens is 358 g/mol. The summed E-state index contributed by atoms with van der Waals surface area (Å²) in [4.78, 5) is 27.2. The van der Waals surface area contributed by atoms with Gasteiger partial charge in [-0.15, -0.1) is 0 Å². The number of aliphatic hydroxyl groups excluding tert-OH is 1. The van der Waals surface area contributed by atoms with Gasteiger partial charge in [-0.05, 0) is 44.0 Å². The largest absolute Gasteiger partial charge is 0.503 e. The van der Waals surface area contributed by atoms with Crippen LogP contribution in [0.2, 0.25) is 0 Å². The van der Waals surface area contributed by atoms with Crippen molar-refractivity contribution in [2.75, 3.05) is 11.5 Å². The fraction of sp³-hybridized carbons (Fsp3) is 0.364. The lowest BCUT2D eigenvalue weighted by Gasteiger charge is -2.25. The van der Waals surface area contributed by atoms with E-state index in [2.05, 4.69) is 0 Å². The van der Waals surface area contributed by atoms with E-state index in [1.165, 1.54) is 4.90 Å². The molecule has 0 spiro atoms. The second kappa shape index (κ2) is 7.92. The average molecular weight is 383 g/mol. The molecule has 1 unspecified atom stereocenters. The van der Waals surface area contributed by atoms with Crippen LogP contribution in [0, 0.1) is 12.8 Å². The zero-order valence-corrected chi connectivity index (χ0v) is 16.6. The van der Waals surface area contributed by atoms with Crippen molar-refractivity contribution >= 4 is 17.4 Å². The second-order valence-electron chi connectivity index (χ2n) is 7.24. The fourth-order valence-electron chi connectivity index (χ4n) is 3.40. The predicted octanol–water partition coefficient (Wildman–Crippen LogP) is 4.50. The van der Waals surface area contributed by atoms with Gasteiger partial charge in [0, 0.05) is 18.2 Å². The molecule has 1 aliphatic heterocycles. The quantitative estimate of drug-likeness (QED) is 0.761. The normalized spacial score (nSPS) is 17.0. The summed E-state index contributed by atoms with van der Waals surface area (Å²) >= 11 is 0. The molecule has 1 aromatic heterocycles. The number of nitrogens with zero attached hydrogens (tertiary/aromatic N) is 1. The molecule has 2 aromatic rings. The van der Waals surface area contributed by atoms with Crippen molar-refractivity contribution in [3.05, 3.63) is 59.3 Å². The molecule has 148 valence electrons. The third-order valence-corrected chi connectivity index (χ3v) is 4.54. The smallest absolute Gasteiger partial charge is 0.294 e. The third-order valence-electron chi connectivity index (χ3n) is 4.54. The minimum atomic E-state index is -0.815. The summed E-state index contributed by atoms with van der Waals surface area (Å²) in [5, 5.41) is 10.6. The van der Waals surface area contributed by atoms with Gasteiger partial charge in [0.05, 0.1) is 12.2 Å². The third kappa shape index (κ3) is 3.67. The molecule has 0 saturated carbocycles. The van der Waals surface area contributed by atoms with E-state index in [1.807, 2.05) is 20.8 Å². The van der Waals surface area contributed by atoms with E-state index in [1.54, 1.807) is 43.3 Å². The van der Waals surface area contributed by atoms with Gasteiger partial charge in [0.1, 0.15) is 23.3 Å². The lowest BCUT2D eigenvalue weighted by atomic mass is 9.95. The first kappa shape index (κ1) is 19.7. The zero-order chi connectivity index (χ0) is 20.4. The van der Waals surface area contributed by atoms with Gasteiger partial charge in [-0.3, -0.25) is 14.5 Å². The van der Waals surface area contributed by atoms with E-state index >= 15 is 0 Å². The Kier molecular flexibility index (Phi) is 5.58. The number of rotatable bonds is 7. The number of carbonyl (C=O) groups is 2. The summed E-state index contributed by atoms with van der Waals surface area (Å²) in [6.45, 7) is 7.99. The minimum absolute atomic E-state index is 0.0786. The summed E-state index contributed by atoms with van der Waals surface area (Å²) in [5.41, 5.74) is 0.601. The van der Waals surface area contributed by atoms with E-state index in [4.69, 9.17) is 9.15 Å². The molecule has 6 heteroatoms. The Morgan fingerprint density at radius 3 is 2.64 bits per heavy atom. The number of Topliss-reactive ketones (excluding diaryl/α,β-unsaturated/α-hetero) is 1. The van der Waals surface area contributed by atoms with Crippen molar-refractivity contribution in [3.8, 4) is 5.75 Å². The van der Waals surface area contributed by atoms with E-state index < -0.39 is 17.7 Å². The first-order chi connectivity index (χ1) is 13.3. The van der Waals surface area contributed by atoms with Gasteiger partial charge in [-0.1, -0.05) is 19.9 Å². The molecule has 0 radical (unpaired) electrons. The van der Waals surface area contributed by atoms with Gasteiger partial charge >= 0.3 is 0 Å². The zero-order valence-electron chi connectivity index (χ0n) is 16.6. The summed E-state index contributed by atoms with van der Waals surface area (Å²) in [7, 11) is 0. The van der Waals surface area contributed by atoms with Gasteiger partial charge in [-0.2, -0.15) is 0 Å². The Hall–Kier alpha value is -3.02. The highest BCUT2D eigenvalue weighted by molar-refractivity contribution is 6.16. The predicted molar refractivity (Wildman–Crippen MR) is 105 cm³/mol. The van der Waals surface area contributed by atoms with Crippen LogP contribution in [0.25, 0.3) is 0 Å². The Labute approximate surface area is 164 Å². The van der Waals surface area contributed by atoms with E-state index in [-0.39, 0.29) is 23.7 Å². The molecule has 1 aliphatic rings. The SMILES string of the molecule is CCOc1cccc(N2C(=O)C(O)=C(C(=O)CC(C)C)C2c2ccc(C)o2)c1. The standard InChI is InChI=1S/C22H25NO5/c1-5-27-16-8-6-7-15(12-16)23-20(18-10-9-14(4)28-18)19(21(25)22(23)26)17(24)11-13(2)3/h6-10,12-13,20,25H,5,11H2,1-4H3. The molecule has 3 rings (SSSR count). The van der Waals surface area contributed by atoms with Crippen LogP contribution in [0.1, 0.15) is 44.8 Å². The van der Waals surface area contributed by atoms with Crippen LogP contribution in [-0.2, 0) is 9.59 Å². The number of benzene rings is 1. The van der Waals surface area contributed by atoms with Crippen molar-refractivity contribution in [1.29, 1.82) is 0 Å². The van der Waals surface area contributed by atoms with Crippen LogP contribution in [0.15, 0.2) is 52.1 Å². The van der Waals surface area contributed by atoms with Gasteiger partial charge in [0.2, 0.25) is 0 Å². The number of anilines is 1. The fourth-order valence-corrected chi connectivity index (χ4v) is 3.40. The van der Waals surface area contributed by atoms with Crippen LogP contribution in [0.3, 0.4) is 0 Å². The van der Waals surface area contributed by atoms with Crippen LogP contribution in [0.5, 0.6) is 5.75 Å². The molecule has 0 saturated heterocycles. The number of furan rings is 1. The number of aryl methyl sites for hydroxylation is 1. The number of carbonyl (C=O) groups excluding carboxylic acids is 2. The van der Waals surface area contributed by atoms with E-state index in [0.29, 0.717) is 29.6 Å². The number of ether oxygens (including phenoxy) is 1. The van der Waals surface area contributed by atoms with Gasteiger partial charge in [0.15, 0.2) is 11.5 Å². The summed E-state index contributed by atoms with van der Waals surface area (Å²) in [6, 6.07) is 9.70. The molecule has 0 fully saturated rings. The summed E-state index contributed by atoms with van der Waals surface area (Å²) in [5.74, 6) is 0.381. The van der Waals surface area contributed by atoms with Crippen molar-refractivity contribution in [3.63, 3.8) is 0 Å². The van der Waals surface area contributed by atoms with Crippen molar-refractivity contribution in [1.82, 2.24) is 0 Å². The van der Waals surface area contributed by atoms with Crippen LogP contribution < -0.4 is 9.64 Å². The highest BCUT2D eigenvalue weighted by Gasteiger charge is 2.45. The Bertz CT molecular complexity index is 925. The van der Waals surface area contributed by atoms with Crippen LogP contribution in [0.4, 0.5) is 5.69 Å². The van der Waals surface area contributed by atoms with Crippen molar-refractivity contribution in [2.45, 2.75) is 40.2 Å². The maximum atomic E-state index is 12.9. The topological polar surface area (TPSA) is 80.0 Å². The average Bonchev–Trinajstić information content (AvgIpc) is 3.17. The molecule has 1 amide bonds. The minimum Gasteiger partial charge on any atom is -0.503 e. The first-order valence-corrected chi connectivity index (χ1v) is 9.42. The van der Waals surface area contributed by atoms with Gasteiger partial charge < -0.3 is 14.3 Å². The first-order valence-electron chi connectivity index (χ1n) is 9.42. The molecule has 6 nitrogen and oxygen atoms in total. The monoisotopic (exact) mass is 383 g/mol. The molecule has 0 bridgehead atoms. The van der Waals surface area contributed by atoms with Crippen LogP contribution >= 0.6 is 0 Å². The molecule has 0 aliphatic carbocycles. The van der Waals surface area contributed by atoms with Crippen LogP contribution in [-0.4, -0.2) is 23.4 Å². The Morgan fingerprint density at radius 1 is 1.29 bits per heavy atom. The molecule has 2 heterocycles. The highest BCUT2D eigenvalue weighted by Crippen LogP contribution is 2.42. The summed E-state index contributed by atoms with van der Waals surface area (Å²) in [6.07, 6.45) is 0.232. The lowest BCUT2D eigenvalue weighted by molar-refractivity contribution is -0.118. The lowest BCUT2D eigenvalue weighted by Crippen LogP contribution is -2.31. The summed E-state index contributed by atoms with van der Waals surface area (Å²) < 4.78 is 11.3. The highest BCUT2D eigenvalue weighted by atomic mass is 16.5. The van der Waals surface area contributed by atoms with E-state index in [0.717, 1.165) is 0 Å². The number of aliphatic hydroxyl groups is 1. The van der Waals surface area contributed by atoms with Gasteiger partial charge in [-0.25, -0.2) is 0 Å². The molecule has 1 N–H and O–H groups in total. The Morgan fingerprint density at radius 2 is 2.04 bits per heavy atom. The number of ketones is 1. The molecule has 1 atom stereocenters. The second-order valence-corrected chi connectivity index (χ2v) is 7.24. The maximum Gasteiger partial charge on any atom is 0.294 e. The molecule has 28 heavy (non-hydrogen) atoms. The number of hydrogen-bond donors (Lipinski definition) is 1. The van der Waals surface area contributed by atoms with E-state index in [9.17, 15) is 14.7 Å². The maximum absolute atomic E-state index is 12.9. The van der Waals surface area contributed by atoms with Crippen molar-refractivity contribution in [2.24, 2.45) is 5.92 Å². The molecular formula is C22H25NO5. The number of amides is 1. The van der Waals surface area contributed by atoms with Crippen molar-refractivity contribution < 1.29 is 23.8 Å². The Balaban J connectivity index is 2.10.